The molecular weight excluding hydrogens is 531 g/mol. The summed E-state index contributed by atoms with van der Waals surface area (Å²) in [5.41, 5.74) is 1.99. The number of hydrogen-bond donors (Lipinski definition) is 1. The normalized spacial score (nSPS) is 12.2. The molecule has 1 N–H and O–H groups in total. The molecule has 0 radical (unpaired) electrons. The molecule has 0 saturated heterocycles. The maximum Gasteiger partial charge on any atom is 0.277 e. The molecule has 206 valence electrons. The minimum atomic E-state index is -4.50. The summed E-state index contributed by atoms with van der Waals surface area (Å²) in [7, 11) is -4.50. The fourth-order valence-corrected chi connectivity index (χ4v) is 6.13. The average molecular weight is 561 g/mol. The van der Waals surface area contributed by atoms with Gasteiger partial charge in [0.05, 0.1) is 22.6 Å². The number of aromatic nitrogens is 3. The van der Waals surface area contributed by atoms with E-state index in [-0.39, 0.29) is 29.1 Å². The van der Waals surface area contributed by atoms with Crippen LogP contribution in [0.15, 0.2) is 75.5 Å². The van der Waals surface area contributed by atoms with E-state index in [4.69, 9.17) is 0 Å². The highest BCUT2D eigenvalue weighted by atomic mass is 32.2. The van der Waals surface area contributed by atoms with Crippen molar-refractivity contribution in [1.82, 2.24) is 14.5 Å². The van der Waals surface area contributed by atoms with Crippen molar-refractivity contribution in [3.05, 3.63) is 99.6 Å². The minimum absolute atomic E-state index is 0.0701. The minimum Gasteiger partial charge on any atom is -0.492 e. The van der Waals surface area contributed by atoms with Crippen molar-refractivity contribution >= 4 is 9.84 Å². The van der Waals surface area contributed by atoms with Crippen molar-refractivity contribution in [2.24, 2.45) is 0 Å². The number of rotatable bonds is 9. The Morgan fingerprint density at radius 2 is 1.85 bits per heavy atom. The van der Waals surface area contributed by atoms with E-state index in [1.807, 2.05) is 26.0 Å². The number of benzene rings is 2. The Morgan fingerprint density at radius 1 is 1.12 bits per heavy atom. The molecule has 0 spiro atoms. The predicted octanol–water partition coefficient (Wildman–Crippen LogP) is 5.50. The van der Waals surface area contributed by atoms with Crippen LogP contribution in [0, 0.1) is 24.1 Å². The lowest BCUT2D eigenvalue weighted by molar-refractivity contribution is 0.406. The molecule has 0 aliphatic rings. The molecule has 0 saturated carbocycles. The van der Waals surface area contributed by atoms with Crippen molar-refractivity contribution in [3.63, 3.8) is 0 Å². The van der Waals surface area contributed by atoms with E-state index in [2.05, 4.69) is 9.97 Å². The van der Waals surface area contributed by atoms with Crippen LogP contribution in [-0.2, 0) is 16.3 Å². The first-order valence-corrected chi connectivity index (χ1v) is 14.4. The van der Waals surface area contributed by atoms with E-state index in [1.54, 1.807) is 31.5 Å². The molecule has 0 aliphatic carbocycles. The zero-order valence-electron chi connectivity index (χ0n) is 22.4. The van der Waals surface area contributed by atoms with Crippen molar-refractivity contribution in [2.45, 2.75) is 62.3 Å². The Labute approximate surface area is 232 Å². The predicted molar refractivity (Wildman–Crippen MR) is 148 cm³/mol. The smallest absolute Gasteiger partial charge is 0.277 e. The Hall–Kier alpha value is -4.36. The Morgan fingerprint density at radius 3 is 2.48 bits per heavy atom. The quantitative estimate of drug-likeness (QED) is 0.286. The number of aromatic hydroxyl groups is 1. The van der Waals surface area contributed by atoms with Crippen LogP contribution < -0.4 is 5.56 Å². The summed E-state index contributed by atoms with van der Waals surface area (Å²) in [5, 5.41) is 20.1. The van der Waals surface area contributed by atoms with Gasteiger partial charge in [-0.05, 0) is 78.4 Å². The standard InChI is InChI=1S/C30H29FN4O4S/c1-4-6-7-27-34-29(36)28(30(37)35(27)26(5-2)22-14-20(17-32)15-23(31)16-22)40(38,39)24-10-8-21(9-11-24)25-12-13-33-18-19(25)3/h8-16,18,26,36H,4-7H2,1-3H3. The number of aryl methyl sites for hydroxylation is 2. The Bertz CT molecular complexity index is 1760. The summed E-state index contributed by atoms with van der Waals surface area (Å²) in [5.74, 6) is -1.35. The highest BCUT2D eigenvalue weighted by molar-refractivity contribution is 7.91. The van der Waals surface area contributed by atoms with Crippen LogP contribution in [-0.4, -0.2) is 28.1 Å². The second-order valence-corrected chi connectivity index (χ2v) is 11.4. The highest BCUT2D eigenvalue weighted by Crippen LogP contribution is 2.31. The van der Waals surface area contributed by atoms with Gasteiger partial charge in [0.1, 0.15) is 11.6 Å². The lowest BCUT2D eigenvalue weighted by Crippen LogP contribution is -2.33. The Kier molecular flexibility index (Phi) is 8.45. The number of unbranched alkanes of at least 4 members (excludes halogenated alkanes) is 1. The molecule has 0 aliphatic heterocycles. The van der Waals surface area contributed by atoms with Gasteiger partial charge in [0.25, 0.3) is 5.56 Å². The van der Waals surface area contributed by atoms with Crippen LogP contribution >= 0.6 is 0 Å². The number of nitriles is 1. The van der Waals surface area contributed by atoms with E-state index in [9.17, 15) is 28.0 Å². The molecule has 8 nitrogen and oxygen atoms in total. The van der Waals surface area contributed by atoms with Gasteiger partial charge in [0.2, 0.25) is 15.7 Å². The van der Waals surface area contributed by atoms with Gasteiger partial charge in [-0.1, -0.05) is 32.4 Å². The van der Waals surface area contributed by atoms with E-state index in [0.29, 0.717) is 12.0 Å². The van der Waals surface area contributed by atoms with Crippen LogP contribution in [0.2, 0.25) is 0 Å². The maximum atomic E-state index is 14.4. The highest BCUT2D eigenvalue weighted by Gasteiger charge is 2.31. The summed E-state index contributed by atoms with van der Waals surface area (Å²) in [6.45, 7) is 5.60. The lowest BCUT2D eigenvalue weighted by Gasteiger charge is -2.23. The molecule has 0 fully saturated rings. The fraction of sp³-hybridized carbons (Fsp3) is 0.267. The number of nitrogens with zero attached hydrogens (tertiary/aromatic N) is 4. The fourth-order valence-electron chi connectivity index (χ4n) is 4.78. The third-order valence-corrected chi connectivity index (χ3v) is 8.57. The van der Waals surface area contributed by atoms with Gasteiger partial charge in [-0.15, -0.1) is 0 Å². The first-order chi connectivity index (χ1) is 19.1. The largest absolute Gasteiger partial charge is 0.492 e. The molecule has 4 aromatic rings. The molecule has 2 aromatic heterocycles. The Balaban J connectivity index is 1.90. The van der Waals surface area contributed by atoms with Crippen LogP contribution in [0.4, 0.5) is 4.39 Å². The SMILES string of the molecule is CCCCc1nc(O)c(S(=O)(=O)c2ccc(-c3ccncc3C)cc2)c(=O)n1C(CC)c1cc(F)cc(C#N)c1. The van der Waals surface area contributed by atoms with E-state index in [0.717, 1.165) is 29.2 Å². The molecule has 1 unspecified atom stereocenters. The van der Waals surface area contributed by atoms with Crippen molar-refractivity contribution in [1.29, 1.82) is 5.26 Å². The molecule has 10 heteroatoms. The second kappa shape index (κ2) is 11.8. The van der Waals surface area contributed by atoms with Gasteiger partial charge < -0.3 is 5.11 Å². The summed E-state index contributed by atoms with van der Waals surface area (Å²) < 4.78 is 43.1. The molecule has 1 atom stereocenters. The third-order valence-electron chi connectivity index (χ3n) is 6.78. The summed E-state index contributed by atoms with van der Waals surface area (Å²) in [6.07, 6.45) is 5.29. The number of sulfone groups is 1. The first-order valence-electron chi connectivity index (χ1n) is 12.9. The topological polar surface area (TPSA) is 126 Å². The van der Waals surface area contributed by atoms with Crippen molar-refractivity contribution in [2.75, 3.05) is 0 Å². The lowest BCUT2D eigenvalue weighted by atomic mass is 10.0. The van der Waals surface area contributed by atoms with Gasteiger partial charge in [-0.25, -0.2) is 12.8 Å². The second-order valence-electron chi connectivity index (χ2n) is 9.49. The molecule has 0 bridgehead atoms. The summed E-state index contributed by atoms with van der Waals surface area (Å²) in [6, 6.07) is 12.7. The first kappa shape index (κ1) is 28.6. The number of pyridine rings is 1. The van der Waals surface area contributed by atoms with E-state index < -0.39 is 38.0 Å². The maximum absolute atomic E-state index is 14.4. The molecule has 2 aromatic carbocycles. The van der Waals surface area contributed by atoms with Crippen molar-refractivity contribution < 1.29 is 17.9 Å². The van der Waals surface area contributed by atoms with Crippen LogP contribution in [0.25, 0.3) is 11.1 Å². The zero-order valence-corrected chi connectivity index (χ0v) is 23.2. The van der Waals surface area contributed by atoms with Crippen LogP contribution in [0.5, 0.6) is 5.88 Å². The zero-order chi connectivity index (χ0) is 29.0. The average Bonchev–Trinajstić information content (AvgIpc) is 2.93. The molecule has 2 heterocycles. The van der Waals surface area contributed by atoms with Crippen molar-refractivity contribution in [3.8, 4) is 23.1 Å². The molecule has 40 heavy (non-hydrogen) atoms. The van der Waals surface area contributed by atoms with Gasteiger partial charge in [0, 0.05) is 18.8 Å². The van der Waals surface area contributed by atoms with Gasteiger partial charge in [0.15, 0.2) is 4.90 Å². The summed E-state index contributed by atoms with van der Waals surface area (Å²) >= 11 is 0. The monoisotopic (exact) mass is 560 g/mol. The van der Waals surface area contributed by atoms with Gasteiger partial charge in [-0.2, -0.15) is 10.2 Å². The van der Waals surface area contributed by atoms with Gasteiger partial charge >= 0.3 is 0 Å². The number of halogens is 1. The van der Waals surface area contributed by atoms with E-state index in [1.165, 1.54) is 28.8 Å². The third kappa shape index (κ3) is 5.51. The molecule has 4 rings (SSSR count). The van der Waals surface area contributed by atoms with E-state index >= 15 is 0 Å². The van der Waals surface area contributed by atoms with Crippen LogP contribution in [0.3, 0.4) is 0 Å². The van der Waals surface area contributed by atoms with Crippen LogP contribution in [0.1, 0.15) is 61.7 Å². The molecule has 0 amide bonds. The van der Waals surface area contributed by atoms with Gasteiger partial charge in [-0.3, -0.25) is 14.3 Å². The summed E-state index contributed by atoms with van der Waals surface area (Å²) in [4.78, 5) is 21.2. The molecular formula is C30H29FN4O4S. The number of hydrogen-bond acceptors (Lipinski definition) is 7.